The average molecular weight is 367 g/mol. The van der Waals surface area contributed by atoms with Crippen molar-refractivity contribution in [3.63, 3.8) is 0 Å². The molecule has 126 valence electrons. The van der Waals surface area contributed by atoms with Crippen LogP contribution in [0, 0.1) is 0 Å². The Hall–Kier alpha value is -2.24. The molecule has 7 heteroatoms. The topological polar surface area (TPSA) is 59.9 Å². The van der Waals surface area contributed by atoms with Gasteiger partial charge in [0.25, 0.3) is 5.91 Å². The summed E-state index contributed by atoms with van der Waals surface area (Å²) in [6.07, 6.45) is 1.51. The molecule has 0 atom stereocenters. The maximum Gasteiger partial charge on any atom is 0.271 e. The molecule has 2 aromatic rings. The molecule has 0 aromatic heterocycles. The van der Waals surface area contributed by atoms with Crippen LogP contribution in [0.4, 0.5) is 0 Å². The van der Waals surface area contributed by atoms with Crippen LogP contribution in [0.1, 0.15) is 22.8 Å². The Bertz CT molecular complexity index is 763. The summed E-state index contributed by atoms with van der Waals surface area (Å²) in [6.45, 7) is 2.41. The SMILES string of the molecule is CCOc1cc(/C=N\NC(=O)c2ccc(Cl)c(Cl)c2)ccc1OC. The number of hydrazone groups is 1. The fourth-order valence-corrected chi connectivity index (χ4v) is 2.21. The van der Waals surface area contributed by atoms with Gasteiger partial charge in [-0.15, -0.1) is 0 Å². The quantitative estimate of drug-likeness (QED) is 0.616. The van der Waals surface area contributed by atoms with Crippen LogP contribution in [-0.4, -0.2) is 25.8 Å². The van der Waals surface area contributed by atoms with E-state index in [1.165, 1.54) is 12.3 Å². The summed E-state index contributed by atoms with van der Waals surface area (Å²) >= 11 is 11.7. The minimum absolute atomic E-state index is 0.310. The highest BCUT2D eigenvalue weighted by molar-refractivity contribution is 6.42. The van der Waals surface area contributed by atoms with Crippen molar-refractivity contribution in [2.45, 2.75) is 6.92 Å². The van der Waals surface area contributed by atoms with Crippen LogP contribution in [0.3, 0.4) is 0 Å². The van der Waals surface area contributed by atoms with E-state index in [0.717, 1.165) is 5.56 Å². The molecule has 5 nitrogen and oxygen atoms in total. The smallest absolute Gasteiger partial charge is 0.271 e. The molecule has 0 aliphatic heterocycles. The normalized spacial score (nSPS) is 10.7. The predicted molar refractivity (Wildman–Crippen MR) is 95.7 cm³/mol. The monoisotopic (exact) mass is 366 g/mol. The fourth-order valence-electron chi connectivity index (χ4n) is 1.91. The van der Waals surface area contributed by atoms with Crippen molar-refractivity contribution in [3.05, 3.63) is 57.6 Å². The van der Waals surface area contributed by atoms with Gasteiger partial charge in [0, 0.05) is 5.56 Å². The van der Waals surface area contributed by atoms with Crippen molar-refractivity contribution in [1.29, 1.82) is 0 Å². The van der Waals surface area contributed by atoms with Crippen LogP contribution >= 0.6 is 23.2 Å². The molecule has 0 heterocycles. The van der Waals surface area contributed by atoms with Gasteiger partial charge < -0.3 is 9.47 Å². The lowest BCUT2D eigenvalue weighted by molar-refractivity contribution is 0.0955. The second kappa shape index (κ2) is 8.57. The number of rotatable bonds is 6. The number of carbonyl (C=O) groups is 1. The summed E-state index contributed by atoms with van der Waals surface area (Å²) in [6, 6.07) is 9.95. The molecule has 0 spiro atoms. The molecule has 2 rings (SSSR count). The minimum Gasteiger partial charge on any atom is -0.493 e. The fraction of sp³-hybridized carbons (Fsp3) is 0.176. The summed E-state index contributed by atoms with van der Waals surface area (Å²) in [7, 11) is 1.57. The minimum atomic E-state index is -0.386. The van der Waals surface area contributed by atoms with E-state index < -0.39 is 0 Å². The second-order valence-corrected chi connectivity index (χ2v) is 5.49. The molecule has 1 amide bonds. The summed E-state index contributed by atoms with van der Waals surface area (Å²) < 4.78 is 10.7. The van der Waals surface area contributed by atoms with Crippen LogP contribution in [0.25, 0.3) is 0 Å². The average Bonchev–Trinajstić information content (AvgIpc) is 2.58. The van der Waals surface area contributed by atoms with Crippen LogP contribution < -0.4 is 14.9 Å². The number of nitrogens with one attached hydrogen (secondary N) is 1. The van der Waals surface area contributed by atoms with E-state index in [-0.39, 0.29) is 5.91 Å². The molecule has 0 radical (unpaired) electrons. The number of carbonyl (C=O) groups excluding carboxylic acids is 1. The number of hydrogen-bond donors (Lipinski definition) is 1. The number of hydrogen-bond acceptors (Lipinski definition) is 4. The number of ether oxygens (including phenoxy) is 2. The Kier molecular flexibility index (Phi) is 6.46. The maximum atomic E-state index is 12.0. The lowest BCUT2D eigenvalue weighted by Gasteiger charge is -2.09. The highest BCUT2D eigenvalue weighted by Gasteiger charge is 2.07. The second-order valence-electron chi connectivity index (χ2n) is 4.67. The molecule has 0 fully saturated rings. The lowest BCUT2D eigenvalue weighted by atomic mass is 10.2. The van der Waals surface area contributed by atoms with Crippen molar-refractivity contribution in [2.24, 2.45) is 5.10 Å². The first kappa shape index (κ1) is 18.1. The molecule has 0 saturated carbocycles. The van der Waals surface area contributed by atoms with E-state index in [0.29, 0.717) is 33.7 Å². The van der Waals surface area contributed by atoms with E-state index in [4.69, 9.17) is 32.7 Å². The Morgan fingerprint density at radius 1 is 1.17 bits per heavy atom. The zero-order valence-electron chi connectivity index (χ0n) is 13.2. The van der Waals surface area contributed by atoms with Crippen molar-refractivity contribution < 1.29 is 14.3 Å². The van der Waals surface area contributed by atoms with Gasteiger partial charge in [0.05, 0.1) is 30.0 Å². The molecule has 0 aliphatic rings. The first-order valence-corrected chi connectivity index (χ1v) is 7.90. The molecule has 0 aliphatic carbocycles. The van der Waals surface area contributed by atoms with Gasteiger partial charge in [-0.05, 0) is 48.9 Å². The highest BCUT2D eigenvalue weighted by Crippen LogP contribution is 2.27. The van der Waals surface area contributed by atoms with Crippen LogP contribution in [0.15, 0.2) is 41.5 Å². The van der Waals surface area contributed by atoms with Crippen molar-refractivity contribution in [2.75, 3.05) is 13.7 Å². The van der Waals surface area contributed by atoms with Gasteiger partial charge in [0.15, 0.2) is 11.5 Å². The standard InChI is InChI=1S/C17H16Cl2N2O3/c1-3-24-16-8-11(4-7-15(16)23-2)10-20-21-17(22)12-5-6-13(18)14(19)9-12/h4-10H,3H2,1-2H3,(H,21,22)/b20-10-. The number of nitrogens with zero attached hydrogens (tertiary/aromatic N) is 1. The Morgan fingerprint density at radius 2 is 1.96 bits per heavy atom. The van der Waals surface area contributed by atoms with E-state index >= 15 is 0 Å². The molecule has 0 unspecified atom stereocenters. The molecule has 0 bridgehead atoms. The van der Waals surface area contributed by atoms with Gasteiger partial charge in [-0.25, -0.2) is 5.43 Å². The number of amides is 1. The highest BCUT2D eigenvalue weighted by atomic mass is 35.5. The zero-order chi connectivity index (χ0) is 17.5. The van der Waals surface area contributed by atoms with Crippen molar-refractivity contribution in [3.8, 4) is 11.5 Å². The Balaban J connectivity index is 2.06. The zero-order valence-corrected chi connectivity index (χ0v) is 14.7. The van der Waals surface area contributed by atoms with E-state index in [1.807, 2.05) is 6.92 Å². The summed E-state index contributed by atoms with van der Waals surface area (Å²) in [4.78, 5) is 12.0. The van der Waals surface area contributed by atoms with Crippen LogP contribution in [-0.2, 0) is 0 Å². The van der Waals surface area contributed by atoms with E-state index in [9.17, 15) is 4.79 Å². The van der Waals surface area contributed by atoms with Crippen molar-refractivity contribution in [1.82, 2.24) is 5.43 Å². The van der Waals surface area contributed by atoms with Gasteiger partial charge in [-0.2, -0.15) is 5.10 Å². The summed E-state index contributed by atoms with van der Waals surface area (Å²) in [5.74, 6) is 0.858. The van der Waals surface area contributed by atoms with Crippen LogP contribution in [0.5, 0.6) is 11.5 Å². The third-order valence-electron chi connectivity index (χ3n) is 3.05. The molecule has 24 heavy (non-hydrogen) atoms. The summed E-state index contributed by atoms with van der Waals surface area (Å²) in [5, 5.41) is 4.63. The first-order chi connectivity index (χ1) is 11.5. The molecule has 2 aromatic carbocycles. The van der Waals surface area contributed by atoms with Gasteiger partial charge >= 0.3 is 0 Å². The van der Waals surface area contributed by atoms with E-state index in [2.05, 4.69) is 10.5 Å². The number of benzene rings is 2. The van der Waals surface area contributed by atoms with Gasteiger partial charge in [-0.3, -0.25) is 4.79 Å². The van der Waals surface area contributed by atoms with Crippen molar-refractivity contribution >= 4 is 35.3 Å². The van der Waals surface area contributed by atoms with Gasteiger partial charge in [0.2, 0.25) is 0 Å². The van der Waals surface area contributed by atoms with Gasteiger partial charge in [-0.1, -0.05) is 23.2 Å². The number of halogens is 2. The molecule has 1 N–H and O–H groups in total. The largest absolute Gasteiger partial charge is 0.493 e. The lowest BCUT2D eigenvalue weighted by Crippen LogP contribution is -2.17. The van der Waals surface area contributed by atoms with Crippen LogP contribution in [0.2, 0.25) is 10.0 Å². The molecule has 0 saturated heterocycles. The summed E-state index contributed by atoms with van der Waals surface area (Å²) in [5.41, 5.74) is 3.56. The predicted octanol–water partition coefficient (Wildman–Crippen LogP) is 4.16. The molecular formula is C17H16Cl2N2O3. The third-order valence-corrected chi connectivity index (χ3v) is 3.79. The Labute approximate surface area is 150 Å². The Morgan fingerprint density at radius 3 is 2.62 bits per heavy atom. The van der Waals surface area contributed by atoms with Gasteiger partial charge in [0.1, 0.15) is 0 Å². The number of methoxy groups -OCH3 is 1. The first-order valence-electron chi connectivity index (χ1n) is 7.14. The maximum absolute atomic E-state index is 12.0. The third kappa shape index (κ3) is 4.63. The van der Waals surface area contributed by atoms with E-state index in [1.54, 1.807) is 37.4 Å². The molecular weight excluding hydrogens is 351 g/mol.